The van der Waals surface area contributed by atoms with E-state index in [9.17, 15) is 4.79 Å². The number of aldehydes is 1. The van der Waals surface area contributed by atoms with Crippen molar-refractivity contribution < 1.29 is 14.3 Å². The van der Waals surface area contributed by atoms with Crippen molar-refractivity contribution in [3.63, 3.8) is 0 Å². The number of carbonyl (C=O) groups is 1. The van der Waals surface area contributed by atoms with Crippen LogP contribution in [0.3, 0.4) is 0 Å². The van der Waals surface area contributed by atoms with Crippen molar-refractivity contribution in [3.05, 3.63) is 0 Å². The minimum Gasteiger partial charge on any atom is -0.350 e. The van der Waals surface area contributed by atoms with Crippen molar-refractivity contribution >= 4 is 6.29 Å². The summed E-state index contributed by atoms with van der Waals surface area (Å²) in [6.07, 6.45) is 8.44. The Morgan fingerprint density at radius 1 is 1.27 bits per heavy atom. The molecule has 0 aliphatic carbocycles. The topological polar surface area (TPSA) is 35.5 Å². The van der Waals surface area contributed by atoms with Crippen LogP contribution in [0.5, 0.6) is 0 Å². The molecule has 1 heterocycles. The van der Waals surface area contributed by atoms with Gasteiger partial charge in [0.1, 0.15) is 6.29 Å². The van der Waals surface area contributed by atoms with E-state index in [4.69, 9.17) is 9.47 Å². The molecule has 2 atom stereocenters. The summed E-state index contributed by atoms with van der Waals surface area (Å²) in [6.45, 7) is 2.87. The van der Waals surface area contributed by atoms with Gasteiger partial charge in [-0.25, -0.2) is 0 Å². The summed E-state index contributed by atoms with van der Waals surface area (Å²) in [7, 11) is 0. The highest BCUT2D eigenvalue weighted by Crippen LogP contribution is 2.20. The molecule has 0 aromatic rings. The van der Waals surface area contributed by atoms with E-state index in [0.717, 1.165) is 19.1 Å². The fraction of sp³-hybridized carbons (Fsp3) is 0.917. The Hall–Kier alpha value is -0.410. The zero-order valence-electron chi connectivity index (χ0n) is 9.61. The fourth-order valence-electron chi connectivity index (χ4n) is 1.80. The van der Waals surface area contributed by atoms with Gasteiger partial charge in [0.2, 0.25) is 0 Å². The fourth-order valence-corrected chi connectivity index (χ4v) is 1.80. The third-order valence-electron chi connectivity index (χ3n) is 2.71. The van der Waals surface area contributed by atoms with Gasteiger partial charge in [-0.05, 0) is 19.3 Å². The van der Waals surface area contributed by atoms with Crippen LogP contribution in [0, 0.1) is 0 Å². The van der Waals surface area contributed by atoms with Crippen LogP contribution < -0.4 is 0 Å². The lowest BCUT2D eigenvalue weighted by atomic mass is 10.1. The van der Waals surface area contributed by atoms with Gasteiger partial charge in [-0.2, -0.15) is 0 Å². The number of carbonyl (C=O) groups excluding carboxylic acids is 1. The Bertz CT molecular complexity index is 170. The molecular formula is C12H22O3. The average Bonchev–Trinajstić information content (AvgIpc) is 2.69. The van der Waals surface area contributed by atoms with Gasteiger partial charge in [0, 0.05) is 6.42 Å². The second kappa shape index (κ2) is 7.83. The Kier molecular flexibility index (Phi) is 6.60. The van der Waals surface area contributed by atoms with Gasteiger partial charge in [0.25, 0.3) is 0 Å². The van der Waals surface area contributed by atoms with E-state index in [1.807, 2.05) is 0 Å². The van der Waals surface area contributed by atoms with E-state index in [-0.39, 0.29) is 12.4 Å². The Morgan fingerprint density at radius 3 is 2.87 bits per heavy atom. The summed E-state index contributed by atoms with van der Waals surface area (Å²) in [5.74, 6) is 0. The lowest BCUT2D eigenvalue weighted by Crippen LogP contribution is -2.12. The van der Waals surface area contributed by atoms with Crippen molar-refractivity contribution in [3.8, 4) is 0 Å². The van der Waals surface area contributed by atoms with Crippen molar-refractivity contribution in [2.75, 3.05) is 6.61 Å². The standard InChI is InChI=1S/C12H22O3/c1-2-3-4-5-8-12-14-10-11(15-12)7-6-9-13/h9,11-12H,2-8,10H2,1H3. The van der Waals surface area contributed by atoms with Gasteiger partial charge < -0.3 is 14.3 Å². The van der Waals surface area contributed by atoms with Gasteiger partial charge in [-0.3, -0.25) is 0 Å². The first-order valence-corrected chi connectivity index (χ1v) is 6.07. The number of ether oxygens (including phenoxy) is 2. The lowest BCUT2D eigenvalue weighted by molar-refractivity contribution is -0.108. The van der Waals surface area contributed by atoms with Crippen molar-refractivity contribution in [1.82, 2.24) is 0 Å². The minimum absolute atomic E-state index is 0.0153. The molecule has 1 saturated heterocycles. The second-order valence-electron chi connectivity index (χ2n) is 4.11. The predicted octanol–water partition coefficient (Wildman–Crippen LogP) is 2.68. The first kappa shape index (κ1) is 12.7. The number of hydrogen-bond donors (Lipinski definition) is 0. The minimum atomic E-state index is -0.0153. The van der Waals surface area contributed by atoms with E-state index in [2.05, 4.69) is 6.92 Å². The molecule has 1 aliphatic rings. The third-order valence-corrected chi connectivity index (χ3v) is 2.71. The smallest absolute Gasteiger partial charge is 0.158 e. The van der Waals surface area contributed by atoms with Crippen molar-refractivity contribution in [2.24, 2.45) is 0 Å². The Morgan fingerprint density at radius 2 is 2.13 bits per heavy atom. The highest BCUT2D eigenvalue weighted by atomic mass is 16.7. The van der Waals surface area contributed by atoms with Crippen LogP contribution in [-0.2, 0) is 14.3 Å². The van der Waals surface area contributed by atoms with Crippen LogP contribution in [0.4, 0.5) is 0 Å². The average molecular weight is 214 g/mol. The molecule has 0 aromatic heterocycles. The van der Waals surface area contributed by atoms with E-state index >= 15 is 0 Å². The molecule has 3 nitrogen and oxygen atoms in total. The van der Waals surface area contributed by atoms with Crippen LogP contribution in [0.1, 0.15) is 51.9 Å². The Balaban J connectivity index is 2.00. The SMILES string of the molecule is CCCCCCC1OCC(CCC=O)O1. The van der Waals surface area contributed by atoms with Crippen LogP contribution in [0.15, 0.2) is 0 Å². The summed E-state index contributed by atoms with van der Waals surface area (Å²) in [6, 6.07) is 0. The quantitative estimate of drug-likeness (QED) is 0.460. The molecule has 0 aromatic carbocycles. The third kappa shape index (κ3) is 5.28. The molecule has 2 unspecified atom stereocenters. The van der Waals surface area contributed by atoms with Crippen molar-refractivity contribution in [1.29, 1.82) is 0 Å². The molecule has 1 fully saturated rings. The first-order valence-electron chi connectivity index (χ1n) is 6.07. The van der Waals surface area contributed by atoms with Gasteiger partial charge in [0.05, 0.1) is 12.7 Å². The Labute approximate surface area is 92.1 Å². The van der Waals surface area contributed by atoms with Crippen LogP contribution in [0.25, 0.3) is 0 Å². The van der Waals surface area contributed by atoms with Gasteiger partial charge in [0.15, 0.2) is 6.29 Å². The first-order chi connectivity index (χ1) is 7.36. The maximum Gasteiger partial charge on any atom is 0.158 e. The summed E-state index contributed by atoms with van der Waals surface area (Å²) >= 11 is 0. The largest absolute Gasteiger partial charge is 0.350 e. The molecular weight excluding hydrogens is 192 g/mol. The molecule has 0 spiro atoms. The predicted molar refractivity (Wildman–Crippen MR) is 58.7 cm³/mol. The van der Waals surface area contributed by atoms with E-state index in [1.165, 1.54) is 25.7 Å². The summed E-state index contributed by atoms with van der Waals surface area (Å²) in [5, 5.41) is 0. The molecule has 88 valence electrons. The number of hydrogen-bond acceptors (Lipinski definition) is 3. The summed E-state index contributed by atoms with van der Waals surface area (Å²) in [4.78, 5) is 10.2. The lowest BCUT2D eigenvalue weighted by Gasteiger charge is -2.10. The molecule has 0 saturated carbocycles. The van der Waals surface area contributed by atoms with E-state index in [0.29, 0.717) is 13.0 Å². The normalized spacial score (nSPS) is 25.7. The molecule has 0 amide bonds. The van der Waals surface area contributed by atoms with E-state index < -0.39 is 0 Å². The summed E-state index contributed by atoms with van der Waals surface area (Å²) in [5.41, 5.74) is 0. The molecule has 0 N–H and O–H groups in total. The molecule has 3 heteroatoms. The molecule has 1 rings (SSSR count). The maximum absolute atomic E-state index is 10.2. The number of unbranched alkanes of at least 4 members (excludes halogenated alkanes) is 3. The molecule has 15 heavy (non-hydrogen) atoms. The van der Waals surface area contributed by atoms with Crippen molar-refractivity contribution in [2.45, 2.75) is 64.3 Å². The summed E-state index contributed by atoms with van der Waals surface area (Å²) < 4.78 is 11.2. The zero-order chi connectivity index (χ0) is 10.9. The second-order valence-corrected chi connectivity index (χ2v) is 4.11. The maximum atomic E-state index is 10.2. The zero-order valence-corrected chi connectivity index (χ0v) is 9.61. The van der Waals surface area contributed by atoms with Gasteiger partial charge in [-0.1, -0.05) is 26.2 Å². The van der Waals surface area contributed by atoms with Crippen LogP contribution in [0.2, 0.25) is 0 Å². The molecule has 1 aliphatic heterocycles. The van der Waals surface area contributed by atoms with Crippen LogP contribution in [-0.4, -0.2) is 25.3 Å². The van der Waals surface area contributed by atoms with Gasteiger partial charge in [-0.15, -0.1) is 0 Å². The molecule has 0 bridgehead atoms. The number of rotatable bonds is 8. The van der Waals surface area contributed by atoms with E-state index in [1.54, 1.807) is 0 Å². The van der Waals surface area contributed by atoms with Gasteiger partial charge >= 0.3 is 0 Å². The highest BCUT2D eigenvalue weighted by molar-refractivity contribution is 5.49. The molecule has 0 radical (unpaired) electrons. The van der Waals surface area contributed by atoms with Crippen LogP contribution >= 0.6 is 0 Å². The highest BCUT2D eigenvalue weighted by Gasteiger charge is 2.24. The monoisotopic (exact) mass is 214 g/mol.